The standard InChI is InChI=1S/C40H49F2N5O9S.C29H34F2N4O7.C10H16N2O3S.ClH/c1-6-23-20-39(23,35(50)46-57(52,53)38(5)16-17-38)21-28(48)27-19-24-22-47(27)34(49)32(37(2,3)4)45-36(51)56-30-14-9-13-29(30)54-18-10-15-40(41,42)31-33(55-24)44-26-12-8-7-11-25(26)43-31;1-28(2,3)23-25(36)35-15-16(14-19(35)26(37)38)41-24-22(32-17-8-4-5-9-18(17)33-24)29(30,31)12-7-13-40-20-10-6-11-21(20)42-27(39)34-23;1-3-7-6-10(7,11)8(13)12-16(14,15)9(2)4-5-9;/h6-8,10-12,15,23-24,27,29-30,32H,1,9,13-14,16-22H2,2-5H3,(H,45,51)(H,46,50);4-5,7-9,12,16,19-21,23H,6,10-11,13-15H2,1-3H3,(H,34,39)(H,37,38);3,7H,1,4-6,11H2,2H3,(H,12,13);1H/b15-10+;12-7+;;/t23-,24-,27+,29-,30-,32-,39-;16-,19+,20-,21-,23-;7-,10-;/m111./s1. The Bertz CT molecular complexity index is 4830. The lowest BCUT2D eigenvalue weighted by atomic mass is 9.85. The molecule has 4 bridgehead atoms. The number of fused-ring (bicyclic) bond motifs is 10. The number of rotatable bonds is 12. The third-order valence-corrected chi connectivity index (χ3v) is 27.6. The van der Waals surface area contributed by atoms with Crippen molar-refractivity contribution in [3.05, 3.63) is 110 Å². The molecule has 6 amide bonds. The van der Waals surface area contributed by atoms with Crippen LogP contribution >= 0.6 is 12.4 Å². The summed E-state index contributed by atoms with van der Waals surface area (Å²) in [5, 5.41) is 15.3. The van der Waals surface area contributed by atoms with Crippen molar-refractivity contribution in [2.75, 3.05) is 26.3 Å². The highest BCUT2D eigenvalue weighted by Gasteiger charge is 2.64. The second-order valence-electron chi connectivity index (χ2n) is 34.2. The Morgan fingerprint density at radius 2 is 0.983 bits per heavy atom. The molecule has 2 aromatic heterocycles. The molecule has 2 aromatic carbocycles. The summed E-state index contributed by atoms with van der Waals surface area (Å²) < 4.78 is 151. The van der Waals surface area contributed by atoms with Crippen molar-refractivity contribution in [2.45, 2.75) is 239 Å². The van der Waals surface area contributed by atoms with Crippen LogP contribution in [0.25, 0.3) is 22.1 Å². The highest BCUT2D eigenvalue weighted by Crippen LogP contribution is 2.58. The number of carboxylic acids is 1. The molecule has 632 valence electrons. The van der Waals surface area contributed by atoms with Gasteiger partial charge >= 0.3 is 30.0 Å². The van der Waals surface area contributed by atoms with E-state index in [4.69, 9.17) is 34.2 Å². The molecule has 116 heavy (non-hydrogen) atoms. The van der Waals surface area contributed by atoms with Gasteiger partial charge in [-0.15, -0.1) is 25.6 Å². The van der Waals surface area contributed by atoms with Gasteiger partial charge in [-0.25, -0.2) is 51.2 Å². The van der Waals surface area contributed by atoms with Gasteiger partial charge in [-0.3, -0.25) is 33.4 Å². The van der Waals surface area contributed by atoms with Crippen LogP contribution in [-0.2, 0) is 79.6 Å². The van der Waals surface area contributed by atoms with Crippen LogP contribution in [0.3, 0.4) is 0 Å². The number of halogens is 5. The van der Waals surface area contributed by atoms with Gasteiger partial charge in [0.25, 0.3) is 5.91 Å². The second kappa shape index (κ2) is 33.1. The van der Waals surface area contributed by atoms with Crippen LogP contribution in [-0.4, -0.2) is 201 Å². The molecule has 37 heteroatoms. The van der Waals surface area contributed by atoms with E-state index in [1.807, 2.05) is 0 Å². The molecule has 0 radical (unpaired) electrons. The number of alkyl carbamates (subject to hydrolysis) is 2. The molecule has 2 saturated heterocycles. The van der Waals surface area contributed by atoms with Gasteiger partial charge in [0.2, 0.25) is 49.5 Å². The number of hydrogen-bond acceptors (Lipinski definition) is 23. The quantitative estimate of drug-likeness (QED) is 0.0569. The number of alkyl halides is 4. The number of sulfonamides is 2. The molecule has 4 aromatic rings. The molecule has 14 rings (SSSR count). The van der Waals surface area contributed by atoms with Gasteiger partial charge < -0.3 is 59.7 Å². The van der Waals surface area contributed by atoms with Crippen molar-refractivity contribution >= 4 is 102 Å². The molecule has 7 N–H and O–H groups in total. The summed E-state index contributed by atoms with van der Waals surface area (Å²) in [6.07, 6.45) is 5.70. The lowest BCUT2D eigenvalue weighted by Gasteiger charge is -2.35. The summed E-state index contributed by atoms with van der Waals surface area (Å²) in [5.41, 5.74) is 1.01. The summed E-state index contributed by atoms with van der Waals surface area (Å²) in [6, 6.07) is 7.96. The number of carbonyl (C=O) groups excluding carboxylic acids is 7. The summed E-state index contributed by atoms with van der Waals surface area (Å²) in [5.74, 6) is -13.5. The highest BCUT2D eigenvalue weighted by molar-refractivity contribution is 7.92. The van der Waals surface area contributed by atoms with E-state index >= 15 is 17.6 Å². The van der Waals surface area contributed by atoms with Crippen molar-refractivity contribution in [3.8, 4) is 11.8 Å². The normalized spacial score (nSPS) is 31.0. The Labute approximate surface area is 675 Å². The molecule has 30 nitrogen and oxygen atoms in total. The Balaban J connectivity index is 0.000000195. The van der Waals surface area contributed by atoms with Crippen LogP contribution in [0.2, 0.25) is 0 Å². The van der Waals surface area contributed by atoms with Crippen LogP contribution < -0.4 is 35.3 Å². The van der Waals surface area contributed by atoms with E-state index in [9.17, 15) is 60.3 Å². The van der Waals surface area contributed by atoms with E-state index in [0.29, 0.717) is 88.3 Å². The van der Waals surface area contributed by atoms with Crippen molar-refractivity contribution in [2.24, 2.45) is 33.8 Å². The van der Waals surface area contributed by atoms with E-state index in [-0.39, 0.29) is 80.4 Å². The number of benzene rings is 2. The highest BCUT2D eigenvalue weighted by atomic mass is 35.5. The monoisotopic (exact) mass is 1680 g/mol. The number of aromatic nitrogens is 4. The summed E-state index contributed by atoms with van der Waals surface area (Å²) in [4.78, 5) is 127. The molecular weight excluding hydrogens is 1580 g/mol. The number of aliphatic carboxylic acids is 1. The largest absolute Gasteiger partial charge is 0.480 e. The van der Waals surface area contributed by atoms with Crippen LogP contribution in [0, 0.1) is 28.1 Å². The van der Waals surface area contributed by atoms with Crippen LogP contribution in [0.5, 0.6) is 11.8 Å². The Kier molecular flexibility index (Phi) is 25.1. The van der Waals surface area contributed by atoms with Crippen molar-refractivity contribution in [1.29, 1.82) is 0 Å². The van der Waals surface area contributed by atoms with E-state index in [2.05, 4.69) is 53.2 Å². The average molecular weight is 1680 g/mol. The zero-order valence-corrected chi connectivity index (χ0v) is 68.1. The summed E-state index contributed by atoms with van der Waals surface area (Å²) >= 11 is 0. The molecule has 0 spiro atoms. The first-order chi connectivity index (χ1) is 53.8. The van der Waals surface area contributed by atoms with Crippen LogP contribution in [0.4, 0.5) is 27.2 Å². The van der Waals surface area contributed by atoms with Gasteiger partial charge in [0.1, 0.15) is 48.1 Å². The first-order valence-electron chi connectivity index (χ1n) is 38.6. The number of para-hydroxylation sites is 4. The lowest BCUT2D eigenvalue weighted by molar-refractivity contribution is -0.150. The molecular formula is C79H100ClF4N11O19S2. The number of carbonyl (C=O) groups is 8. The van der Waals surface area contributed by atoms with Crippen molar-refractivity contribution < 1.29 is 106 Å². The fraction of sp³-hybridized carbons (Fsp3) is 0.595. The van der Waals surface area contributed by atoms with E-state index < -0.39 is 207 Å². The maximum atomic E-state index is 16.1. The second-order valence-corrected chi connectivity index (χ2v) is 38.6. The molecule has 6 saturated carbocycles. The number of carboxylic acid groups (broad SMARTS) is 1. The van der Waals surface area contributed by atoms with Gasteiger partial charge in [-0.1, -0.05) is 90.1 Å². The zero-order chi connectivity index (χ0) is 83.6. The number of nitrogens with one attached hydrogen (secondary N) is 4. The number of amides is 6. The summed E-state index contributed by atoms with van der Waals surface area (Å²) in [6.45, 7) is 20.0. The minimum absolute atomic E-state index is 0. The SMILES string of the molecule is C=C[C@@H]1C[C@]1(CC(=O)[C@@H]1C[C@@H]2CN1C(=O)[C@H](C(C)(C)C)NC(=O)O[C@@H]1CCC[C@H]1OC/C=C/C(F)(F)c1nc3ccccc3nc1O2)C(=O)NS(=O)(=O)C1(C)CC1.C=C[C@@H]1C[C@]1(N)C(=O)NS(=O)(=O)C1(C)CC1.CC(C)(C)[C@@H]1NC(=O)O[C@@H]2CCC[C@H]2OC/C=C/C(F)(F)c2nc3ccccc3nc2O[C@@H]2C[C@@H](C(=O)O)N(C2)C1=O.Cl. The van der Waals surface area contributed by atoms with Crippen molar-refractivity contribution in [3.63, 3.8) is 0 Å². The Morgan fingerprint density at radius 1 is 0.595 bits per heavy atom. The molecule has 6 aliphatic carbocycles. The maximum Gasteiger partial charge on any atom is 0.408 e. The van der Waals surface area contributed by atoms with Gasteiger partial charge in [0.05, 0.1) is 81.5 Å². The number of hydrogen-bond donors (Lipinski definition) is 6. The number of nitrogens with two attached hydrogens (primary N) is 1. The maximum absolute atomic E-state index is 16.1. The average Bonchev–Trinajstić information content (AvgIpc) is 1.56. The number of ketones is 1. The fourth-order valence-electron chi connectivity index (χ4n) is 15.3. The van der Waals surface area contributed by atoms with E-state index in [1.54, 1.807) is 110 Å². The predicted molar refractivity (Wildman–Crippen MR) is 415 cm³/mol. The first kappa shape index (κ1) is 87.9. The zero-order valence-electron chi connectivity index (χ0n) is 65.7. The topological polar surface area (TPSA) is 413 Å². The number of nitrogens with zero attached hydrogens (tertiary/aromatic N) is 6. The van der Waals surface area contributed by atoms with Crippen LogP contribution in [0.1, 0.15) is 163 Å². The van der Waals surface area contributed by atoms with Crippen LogP contribution in [0.15, 0.2) is 98.1 Å². The predicted octanol–water partition coefficient (Wildman–Crippen LogP) is 8.98. The smallest absolute Gasteiger partial charge is 0.408 e. The molecule has 6 heterocycles. The van der Waals surface area contributed by atoms with Gasteiger partial charge in [0, 0.05) is 25.2 Å². The number of Topliss-reactive ketones (excluding diaryl/α,β-unsaturated/α-hetero) is 1. The van der Waals surface area contributed by atoms with Crippen molar-refractivity contribution in [1.82, 2.24) is 49.8 Å². The number of ether oxygens (including phenoxy) is 6. The van der Waals surface area contributed by atoms with Gasteiger partial charge in [-0.05, 0) is 144 Å². The fourth-order valence-corrected chi connectivity index (χ4v) is 17.9. The van der Waals surface area contributed by atoms with E-state index in [1.165, 1.54) is 17.1 Å². The van der Waals surface area contributed by atoms with E-state index in [0.717, 1.165) is 11.0 Å². The molecule has 14 atom stereocenters. The number of allylic oxidation sites excluding steroid dienone is 3. The molecule has 0 unspecified atom stereocenters. The minimum atomic E-state index is -4.04. The van der Waals surface area contributed by atoms with Gasteiger partial charge in [0.15, 0.2) is 17.2 Å². The molecule has 4 aliphatic heterocycles. The lowest BCUT2D eigenvalue weighted by Crippen LogP contribution is -2.57. The van der Waals surface area contributed by atoms with Gasteiger partial charge in [-0.2, -0.15) is 17.6 Å². The Hall–Kier alpha value is -8.97. The first-order valence-corrected chi connectivity index (χ1v) is 41.5. The minimum Gasteiger partial charge on any atom is -0.480 e. The Morgan fingerprint density at radius 3 is 1.36 bits per heavy atom. The molecule has 10 aliphatic rings. The molecule has 8 fully saturated rings. The third-order valence-electron chi connectivity index (χ3n) is 23.3. The third kappa shape index (κ3) is 18.8. The summed E-state index contributed by atoms with van der Waals surface area (Å²) in [7, 11) is -7.61.